The third kappa shape index (κ3) is 6.46. The normalized spacial score (nSPS) is 10.4. The van der Waals surface area contributed by atoms with E-state index >= 15 is 0 Å². The fraction of sp³-hybridized carbons (Fsp3) is 0.350. The second kappa shape index (κ2) is 10.1. The third-order valence-corrected chi connectivity index (χ3v) is 4.13. The lowest BCUT2D eigenvalue weighted by Gasteiger charge is -2.27. The summed E-state index contributed by atoms with van der Waals surface area (Å²) in [5.41, 5.74) is 7.30. The summed E-state index contributed by atoms with van der Waals surface area (Å²) < 4.78 is 5.23. The molecule has 1 heterocycles. The molecule has 0 unspecified atom stereocenters. The van der Waals surface area contributed by atoms with Gasteiger partial charge < -0.3 is 26.0 Å². The topological polar surface area (TPSA) is 110 Å². The highest BCUT2D eigenvalue weighted by Crippen LogP contribution is 2.15. The van der Waals surface area contributed by atoms with Crippen LogP contribution in [-0.4, -0.2) is 41.5 Å². The minimum Gasteiger partial charge on any atom is -0.497 e. The van der Waals surface area contributed by atoms with Crippen molar-refractivity contribution in [1.82, 2.24) is 20.5 Å². The maximum atomic E-state index is 12.6. The van der Waals surface area contributed by atoms with Gasteiger partial charge in [0, 0.05) is 25.3 Å². The van der Waals surface area contributed by atoms with Crippen molar-refractivity contribution in [3.63, 3.8) is 0 Å². The second-order valence-electron chi connectivity index (χ2n) is 6.59. The molecule has 8 heteroatoms. The van der Waals surface area contributed by atoms with Crippen molar-refractivity contribution in [2.75, 3.05) is 19.4 Å². The van der Waals surface area contributed by atoms with Crippen molar-refractivity contribution in [3.05, 3.63) is 53.7 Å². The van der Waals surface area contributed by atoms with E-state index in [9.17, 15) is 9.59 Å². The van der Waals surface area contributed by atoms with Gasteiger partial charge in [-0.3, -0.25) is 4.79 Å². The molecular formula is C20H27N5O3. The number of hydrogen-bond acceptors (Lipinski definition) is 5. The highest BCUT2D eigenvalue weighted by Gasteiger charge is 2.18. The first kappa shape index (κ1) is 21.0. The number of urea groups is 1. The van der Waals surface area contributed by atoms with Gasteiger partial charge >= 0.3 is 6.03 Å². The average molecular weight is 385 g/mol. The molecule has 0 aliphatic carbocycles. The van der Waals surface area contributed by atoms with Crippen LogP contribution in [0.15, 0.2) is 42.6 Å². The number of anilines is 1. The van der Waals surface area contributed by atoms with Crippen LogP contribution in [0.1, 0.15) is 25.0 Å². The number of carbonyl (C=O) groups is 2. The Labute approximate surface area is 165 Å². The van der Waals surface area contributed by atoms with E-state index in [1.54, 1.807) is 30.3 Å². The molecule has 0 aliphatic rings. The molecule has 8 nitrogen and oxygen atoms in total. The zero-order valence-electron chi connectivity index (χ0n) is 16.4. The predicted molar refractivity (Wildman–Crippen MR) is 108 cm³/mol. The monoisotopic (exact) mass is 385 g/mol. The van der Waals surface area contributed by atoms with Crippen molar-refractivity contribution >= 4 is 17.8 Å². The number of methoxy groups -OCH3 is 1. The molecule has 2 aromatic rings. The van der Waals surface area contributed by atoms with Gasteiger partial charge in [0.25, 0.3) is 0 Å². The molecule has 0 atom stereocenters. The van der Waals surface area contributed by atoms with Gasteiger partial charge in [-0.05, 0) is 43.2 Å². The molecule has 0 saturated heterocycles. The number of nitrogens with zero attached hydrogens (tertiary/aromatic N) is 2. The van der Waals surface area contributed by atoms with E-state index < -0.39 is 6.03 Å². The quantitative estimate of drug-likeness (QED) is 0.643. The molecule has 0 spiro atoms. The Hall–Kier alpha value is -3.29. The van der Waals surface area contributed by atoms with Crippen molar-refractivity contribution in [3.8, 4) is 5.75 Å². The highest BCUT2D eigenvalue weighted by molar-refractivity contribution is 5.84. The van der Waals surface area contributed by atoms with Gasteiger partial charge in [0.15, 0.2) is 0 Å². The Bertz CT molecular complexity index is 793. The van der Waals surface area contributed by atoms with Crippen molar-refractivity contribution in [1.29, 1.82) is 0 Å². The summed E-state index contributed by atoms with van der Waals surface area (Å²) in [5.74, 6) is 0.994. The van der Waals surface area contributed by atoms with E-state index in [1.807, 2.05) is 38.1 Å². The fourth-order valence-electron chi connectivity index (χ4n) is 2.57. The first-order valence-electron chi connectivity index (χ1n) is 9.03. The summed E-state index contributed by atoms with van der Waals surface area (Å²) in [6.07, 6.45) is 1.59. The lowest BCUT2D eigenvalue weighted by Crippen LogP contribution is -2.45. The Morgan fingerprint density at radius 3 is 2.61 bits per heavy atom. The van der Waals surface area contributed by atoms with Crippen LogP contribution in [-0.2, 0) is 17.9 Å². The minimum absolute atomic E-state index is 0.00980. The van der Waals surface area contributed by atoms with Crippen LogP contribution in [0.2, 0.25) is 0 Å². The van der Waals surface area contributed by atoms with Gasteiger partial charge in [-0.15, -0.1) is 0 Å². The summed E-state index contributed by atoms with van der Waals surface area (Å²) in [5, 5.41) is 5.29. The standard InChI is InChI=1S/C20H27N5O3/c1-14(2)25(13-15-5-4-6-17(9-15)28-3)19(26)12-24-20(27)23-11-16-7-8-18(21)22-10-16/h4-10,14H,11-13H2,1-3H3,(H2,21,22)(H2,23,24,27). The molecule has 1 aromatic carbocycles. The Morgan fingerprint density at radius 1 is 1.18 bits per heavy atom. The summed E-state index contributed by atoms with van der Waals surface area (Å²) >= 11 is 0. The molecule has 28 heavy (non-hydrogen) atoms. The number of ether oxygens (including phenoxy) is 1. The predicted octanol–water partition coefficient (Wildman–Crippen LogP) is 1.91. The molecule has 0 fully saturated rings. The third-order valence-electron chi connectivity index (χ3n) is 4.13. The van der Waals surface area contributed by atoms with Crippen molar-refractivity contribution in [2.45, 2.75) is 33.0 Å². The number of pyridine rings is 1. The van der Waals surface area contributed by atoms with Gasteiger partial charge in [-0.2, -0.15) is 0 Å². The van der Waals surface area contributed by atoms with Gasteiger partial charge in [0.2, 0.25) is 5.91 Å². The van der Waals surface area contributed by atoms with Crippen LogP contribution in [0.3, 0.4) is 0 Å². The number of amides is 3. The SMILES string of the molecule is COc1cccc(CN(C(=O)CNC(=O)NCc2ccc(N)nc2)C(C)C)c1. The van der Waals surface area contributed by atoms with Crippen LogP contribution in [0.5, 0.6) is 5.75 Å². The zero-order chi connectivity index (χ0) is 20.5. The number of rotatable bonds is 8. The lowest BCUT2D eigenvalue weighted by molar-refractivity contribution is -0.132. The van der Waals surface area contributed by atoms with E-state index in [0.717, 1.165) is 16.9 Å². The molecule has 2 rings (SSSR count). The average Bonchev–Trinajstić information content (AvgIpc) is 2.69. The molecule has 0 saturated carbocycles. The van der Waals surface area contributed by atoms with E-state index in [0.29, 0.717) is 18.9 Å². The largest absolute Gasteiger partial charge is 0.497 e. The number of nitrogens with one attached hydrogen (secondary N) is 2. The van der Waals surface area contributed by atoms with Gasteiger partial charge in [-0.1, -0.05) is 18.2 Å². The van der Waals surface area contributed by atoms with Crippen molar-refractivity contribution < 1.29 is 14.3 Å². The van der Waals surface area contributed by atoms with Crippen molar-refractivity contribution in [2.24, 2.45) is 0 Å². The fourth-order valence-corrected chi connectivity index (χ4v) is 2.57. The molecule has 3 amide bonds. The number of nitrogens with two attached hydrogens (primary N) is 1. The minimum atomic E-state index is -0.421. The maximum absolute atomic E-state index is 12.6. The maximum Gasteiger partial charge on any atom is 0.315 e. The van der Waals surface area contributed by atoms with E-state index in [4.69, 9.17) is 10.5 Å². The number of aromatic nitrogens is 1. The second-order valence-corrected chi connectivity index (χ2v) is 6.59. The molecule has 1 aromatic heterocycles. The molecule has 4 N–H and O–H groups in total. The van der Waals surface area contributed by atoms with E-state index in [-0.39, 0.29) is 18.5 Å². The van der Waals surface area contributed by atoms with E-state index in [1.165, 1.54) is 0 Å². The van der Waals surface area contributed by atoms with E-state index in [2.05, 4.69) is 15.6 Å². The zero-order valence-corrected chi connectivity index (χ0v) is 16.4. The summed E-state index contributed by atoms with van der Waals surface area (Å²) in [6, 6.07) is 10.6. The number of hydrogen-bond donors (Lipinski definition) is 3. The summed E-state index contributed by atoms with van der Waals surface area (Å²) in [4.78, 5) is 30.2. The Balaban J connectivity index is 1.85. The van der Waals surface area contributed by atoms with Gasteiger partial charge in [-0.25, -0.2) is 9.78 Å². The smallest absolute Gasteiger partial charge is 0.315 e. The van der Waals surface area contributed by atoms with Crippen LogP contribution in [0.4, 0.5) is 10.6 Å². The Morgan fingerprint density at radius 2 is 1.96 bits per heavy atom. The number of carbonyl (C=O) groups excluding carboxylic acids is 2. The van der Waals surface area contributed by atoms with Gasteiger partial charge in [0.1, 0.15) is 11.6 Å². The van der Waals surface area contributed by atoms with Crippen LogP contribution in [0, 0.1) is 0 Å². The molecule has 150 valence electrons. The number of nitrogen functional groups attached to an aromatic ring is 1. The summed E-state index contributed by atoms with van der Waals surface area (Å²) in [7, 11) is 1.60. The van der Waals surface area contributed by atoms with Crippen LogP contribution in [0.25, 0.3) is 0 Å². The lowest BCUT2D eigenvalue weighted by atomic mass is 10.1. The number of benzene rings is 1. The summed E-state index contributed by atoms with van der Waals surface area (Å²) in [6.45, 7) is 4.52. The molecule has 0 radical (unpaired) electrons. The first-order valence-corrected chi connectivity index (χ1v) is 9.03. The molecule has 0 aliphatic heterocycles. The van der Waals surface area contributed by atoms with Gasteiger partial charge in [0.05, 0.1) is 13.7 Å². The van der Waals surface area contributed by atoms with Crippen LogP contribution < -0.4 is 21.1 Å². The first-order chi connectivity index (χ1) is 13.4. The van der Waals surface area contributed by atoms with Crippen LogP contribution >= 0.6 is 0 Å². The highest BCUT2D eigenvalue weighted by atomic mass is 16.5. The molecular weight excluding hydrogens is 358 g/mol. The molecule has 0 bridgehead atoms. The Kier molecular flexibility index (Phi) is 7.62.